The number of hydrogen-bond donors (Lipinski definition) is 0. The van der Waals surface area contributed by atoms with Crippen LogP contribution in [0.4, 0.5) is 0 Å². The molecule has 154 valence electrons. The van der Waals surface area contributed by atoms with Gasteiger partial charge in [-0.15, -0.1) is 0 Å². The molecule has 1 aliphatic rings. The van der Waals surface area contributed by atoms with Crippen molar-refractivity contribution in [1.29, 1.82) is 0 Å². The first-order valence-electron chi connectivity index (χ1n) is 8.73. The average molecular weight is 493 g/mol. The van der Waals surface area contributed by atoms with E-state index in [1.165, 1.54) is 11.0 Å². The molecule has 2 aromatic rings. The van der Waals surface area contributed by atoms with Crippen LogP contribution >= 0.6 is 46.4 Å². The lowest BCUT2D eigenvalue weighted by Gasteiger charge is -2.27. The molecule has 0 bridgehead atoms. The van der Waals surface area contributed by atoms with Gasteiger partial charge in [-0.2, -0.15) is 0 Å². The molecule has 0 spiro atoms. The molecular formula is C20H17Cl4NO3S. The fourth-order valence-corrected chi connectivity index (χ4v) is 5.81. The van der Waals surface area contributed by atoms with Gasteiger partial charge in [-0.3, -0.25) is 4.79 Å². The lowest BCUT2D eigenvalue weighted by Crippen LogP contribution is -2.39. The number of rotatable bonds is 5. The van der Waals surface area contributed by atoms with Gasteiger partial charge in [0.25, 0.3) is 0 Å². The SMILES string of the molecule is O=C(/C=C/c1ccc(Cl)cc1Cl)N(Cc1ccc(Cl)cc1Cl)C1CCS(=O)(=O)C1. The Kier molecular flexibility index (Phi) is 7.18. The quantitative estimate of drug-likeness (QED) is 0.515. The summed E-state index contributed by atoms with van der Waals surface area (Å²) in [4.78, 5) is 14.5. The van der Waals surface area contributed by atoms with Crippen LogP contribution in [0.15, 0.2) is 42.5 Å². The minimum atomic E-state index is -3.17. The fraction of sp³-hybridized carbons (Fsp3) is 0.250. The van der Waals surface area contributed by atoms with Crippen LogP contribution in [0.5, 0.6) is 0 Å². The summed E-state index contributed by atoms with van der Waals surface area (Å²) in [5.41, 5.74) is 1.32. The van der Waals surface area contributed by atoms with Gasteiger partial charge in [0.05, 0.1) is 11.5 Å². The van der Waals surface area contributed by atoms with E-state index in [4.69, 9.17) is 46.4 Å². The first-order chi connectivity index (χ1) is 13.6. The van der Waals surface area contributed by atoms with Crippen LogP contribution < -0.4 is 0 Å². The summed E-state index contributed by atoms with van der Waals surface area (Å²) >= 11 is 24.3. The number of nitrogens with zero attached hydrogens (tertiary/aromatic N) is 1. The highest BCUT2D eigenvalue weighted by molar-refractivity contribution is 7.91. The Labute approximate surface area is 189 Å². The van der Waals surface area contributed by atoms with E-state index in [0.717, 1.165) is 0 Å². The Bertz CT molecular complexity index is 1070. The van der Waals surface area contributed by atoms with Crippen molar-refractivity contribution in [2.24, 2.45) is 0 Å². The molecule has 9 heteroatoms. The van der Waals surface area contributed by atoms with Crippen LogP contribution in [0.1, 0.15) is 17.5 Å². The van der Waals surface area contributed by atoms with Crippen LogP contribution in [0.2, 0.25) is 20.1 Å². The number of amides is 1. The molecule has 1 fully saturated rings. The third-order valence-corrected chi connectivity index (χ3v) is 7.56. The molecule has 29 heavy (non-hydrogen) atoms. The predicted molar refractivity (Wildman–Crippen MR) is 120 cm³/mol. The molecule has 0 aliphatic carbocycles. The van der Waals surface area contributed by atoms with Gasteiger partial charge in [-0.1, -0.05) is 58.5 Å². The zero-order chi connectivity index (χ0) is 21.2. The van der Waals surface area contributed by atoms with E-state index < -0.39 is 15.9 Å². The number of carbonyl (C=O) groups is 1. The molecule has 1 amide bonds. The molecule has 0 N–H and O–H groups in total. The Morgan fingerprint density at radius 3 is 2.28 bits per heavy atom. The third-order valence-electron chi connectivity index (χ3n) is 4.66. The van der Waals surface area contributed by atoms with Crippen LogP contribution in [-0.2, 0) is 21.2 Å². The second kappa shape index (κ2) is 9.27. The molecule has 2 aromatic carbocycles. The highest BCUT2D eigenvalue weighted by Gasteiger charge is 2.34. The van der Waals surface area contributed by atoms with Crippen molar-refractivity contribution < 1.29 is 13.2 Å². The number of halogens is 4. The summed E-state index contributed by atoms with van der Waals surface area (Å²) in [6.45, 7) is 0.174. The molecule has 1 saturated heterocycles. The van der Waals surface area contributed by atoms with Gasteiger partial charge in [0, 0.05) is 38.8 Å². The van der Waals surface area contributed by atoms with Crippen molar-refractivity contribution in [2.75, 3.05) is 11.5 Å². The van der Waals surface area contributed by atoms with Crippen LogP contribution in [0.3, 0.4) is 0 Å². The molecule has 1 atom stereocenters. The summed E-state index contributed by atoms with van der Waals surface area (Å²) in [7, 11) is -3.17. The molecule has 1 unspecified atom stereocenters. The van der Waals surface area contributed by atoms with Gasteiger partial charge < -0.3 is 4.90 Å². The summed E-state index contributed by atoms with van der Waals surface area (Å²) in [5, 5.41) is 1.81. The molecule has 1 aliphatic heterocycles. The van der Waals surface area contributed by atoms with E-state index in [2.05, 4.69) is 0 Å². The van der Waals surface area contributed by atoms with Crippen molar-refractivity contribution in [1.82, 2.24) is 4.90 Å². The Balaban J connectivity index is 1.87. The largest absolute Gasteiger partial charge is 0.331 e. The topological polar surface area (TPSA) is 54.5 Å². The lowest BCUT2D eigenvalue weighted by atomic mass is 10.1. The van der Waals surface area contributed by atoms with E-state index >= 15 is 0 Å². The van der Waals surface area contributed by atoms with Crippen molar-refractivity contribution in [3.8, 4) is 0 Å². The van der Waals surface area contributed by atoms with Gasteiger partial charge in [-0.05, 0) is 47.9 Å². The maximum atomic E-state index is 13.0. The van der Waals surface area contributed by atoms with E-state index in [1.54, 1.807) is 42.5 Å². The summed E-state index contributed by atoms with van der Waals surface area (Å²) < 4.78 is 23.9. The normalized spacial score (nSPS) is 18.3. The molecule has 0 saturated carbocycles. The van der Waals surface area contributed by atoms with Gasteiger partial charge >= 0.3 is 0 Å². The minimum absolute atomic E-state index is 0.0581. The van der Waals surface area contributed by atoms with E-state index in [9.17, 15) is 13.2 Å². The Morgan fingerprint density at radius 1 is 1.03 bits per heavy atom. The first kappa shape index (κ1) is 22.4. The summed E-state index contributed by atoms with van der Waals surface area (Å²) in [6.07, 6.45) is 3.35. The van der Waals surface area contributed by atoms with Crippen molar-refractivity contribution in [2.45, 2.75) is 19.0 Å². The zero-order valence-electron chi connectivity index (χ0n) is 15.1. The highest BCUT2D eigenvalue weighted by atomic mass is 35.5. The monoisotopic (exact) mass is 491 g/mol. The Morgan fingerprint density at radius 2 is 1.69 bits per heavy atom. The standard InChI is InChI=1S/C20H17Cl4NO3S/c21-15-4-1-13(18(23)9-15)3-6-20(26)25(17-7-8-29(27,28)12-17)11-14-2-5-16(22)10-19(14)24/h1-6,9-10,17H,7-8,11-12H2/b6-3+. The maximum absolute atomic E-state index is 13.0. The molecule has 4 nitrogen and oxygen atoms in total. The number of benzene rings is 2. The van der Waals surface area contributed by atoms with Crippen LogP contribution in [0, 0.1) is 0 Å². The molecule has 3 rings (SSSR count). The second-order valence-corrected chi connectivity index (χ2v) is 10.7. The fourth-order valence-electron chi connectivity index (χ4n) is 3.14. The van der Waals surface area contributed by atoms with Crippen molar-refractivity contribution >= 4 is 68.2 Å². The van der Waals surface area contributed by atoms with Gasteiger partial charge in [0.2, 0.25) is 5.91 Å². The predicted octanol–water partition coefficient (Wildman–Crippen LogP) is 5.53. The van der Waals surface area contributed by atoms with Crippen molar-refractivity contribution in [3.05, 3.63) is 73.7 Å². The van der Waals surface area contributed by atoms with Gasteiger partial charge in [0.15, 0.2) is 9.84 Å². The third kappa shape index (κ3) is 5.89. The summed E-state index contributed by atoms with van der Waals surface area (Å²) in [5.74, 6) is -0.341. The Hall–Kier alpha value is -1.24. The minimum Gasteiger partial charge on any atom is -0.331 e. The molecular weight excluding hydrogens is 476 g/mol. The molecule has 0 aromatic heterocycles. The highest BCUT2D eigenvalue weighted by Crippen LogP contribution is 2.27. The maximum Gasteiger partial charge on any atom is 0.247 e. The van der Waals surface area contributed by atoms with E-state index in [1.807, 2.05) is 0 Å². The smallest absolute Gasteiger partial charge is 0.247 e. The van der Waals surface area contributed by atoms with Crippen LogP contribution in [0.25, 0.3) is 6.08 Å². The first-order valence-corrected chi connectivity index (χ1v) is 12.1. The second-order valence-electron chi connectivity index (χ2n) is 6.76. The van der Waals surface area contributed by atoms with Crippen LogP contribution in [-0.4, -0.2) is 36.8 Å². The van der Waals surface area contributed by atoms with Crippen molar-refractivity contribution in [3.63, 3.8) is 0 Å². The number of hydrogen-bond acceptors (Lipinski definition) is 3. The van der Waals surface area contributed by atoms with E-state index in [-0.39, 0.29) is 24.0 Å². The summed E-state index contributed by atoms with van der Waals surface area (Å²) in [6, 6.07) is 9.54. The average Bonchev–Trinajstić information content (AvgIpc) is 2.99. The molecule has 1 heterocycles. The lowest BCUT2D eigenvalue weighted by molar-refractivity contribution is -0.128. The number of sulfone groups is 1. The van der Waals surface area contributed by atoms with Gasteiger partial charge in [-0.25, -0.2) is 8.42 Å². The number of carbonyl (C=O) groups excluding carboxylic acids is 1. The molecule has 0 radical (unpaired) electrons. The van der Waals surface area contributed by atoms with E-state index in [0.29, 0.717) is 37.6 Å². The van der Waals surface area contributed by atoms with Gasteiger partial charge in [0.1, 0.15) is 0 Å². The zero-order valence-corrected chi connectivity index (χ0v) is 19.0.